The average molecular weight is 433 g/mol. The first-order valence-electron chi connectivity index (χ1n) is 10.6. The van der Waals surface area contributed by atoms with Crippen LogP contribution in [0.1, 0.15) is 28.9 Å². The lowest BCUT2D eigenvalue weighted by atomic mass is 10.1. The predicted molar refractivity (Wildman–Crippen MR) is 115 cm³/mol. The Balaban J connectivity index is 1.72. The number of morpholine rings is 1. The van der Waals surface area contributed by atoms with Gasteiger partial charge >= 0.3 is 0 Å². The number of carbonyl (C=O) groups is 1. The summed E-state index contributed by atoms with van der Waals surface area (Å²) in [6.45, 7) is 8.66. The molecular formula is C22H32N4O5. The molecule has 9 nitrogen and oxygen atoms in total. The van der Waals surface area contributed by atoms with Gasteiger partial charge < -0.3 is 23.9 Å². The SMILES string of the molecule is CCNC(=O)c1coc(CN(CCN2CCOCC2)Cc2ccc(OC)cc2OC)n1. The molecule has 2 heterocycles. The summed E-state index contributed by atoms with van der Waals surface area (Å²) >= 11 is 0. The number of hydrogen-bond donors (Lipinski definition) is 1. The fraction of sp³-hybridized carbons (Fsp3) is 0.545. The Morgan fingerprint density at radius 1 is 1.23 bits per heavy atom. The molecule has 0 atom stereocenters. The summed E-state index contributed by atoms with van der Waals surface area (Å²) in [4.78, 5) is 21.0. The van der Waals surface area contributed by atoms with Crippen LogP contribution in [0, 0.1) is 0 Å². The Morgan fingerprint density at radius 3 is 2.74 bits per heavy atom. The van der Waals surface area contributed by atoms with Crippen molar-refractivity contribution in [2.45, 2.75) is 20.0 Å². The van der Waals surface area contributed by atoms with Crippen molar-refractivity contribution >= 4 is 5.91 Å². The zero-order valence-corrected chi connectivity index (χ0v) is 18.6. The highest BCUT2D eigenvalue weighted by molar-refractivity contribution is 5.91. The van der Waals surface area contributed by atoms with Gasteiger partial charge in [0.1, 0.15) is 17.8 Å². The Labute approximate surface area is 183 Å². The van der Waals surface area contributed by atoms with Gasteiger partial charge in [0.15, 0.2) is 5.69 Å². The van der Waals surface area contributed by atoms with Gasteiger partial charge in [0.25, 0.3) is 5.91 Å². The Kier molecular flexibility index (Phi) is 8.69. The van der Waals surface area contributed by atoms with Crippen LogP contribution in [-0.2, 0) is 17.8 Å². The van der Waals surface area contributed by atoms with Gasteiger partial charge in [-0.15, -0.1) is 0 Å². The van der Waals surface area contributed by atoms with Gasteiger partial charge in [-0.25, -0.2) is 4.98 Å². The van der Waals surface area contributed by atoms with Crippen molar-refractivity contribution in [1.29, 1.82) is 0 Å². The van der Waals surface area contributed by atoms with E-state index in [0.29, 0.717) is 31.2 Å². The first-order chi connectivity index (χ1) is 15.1. The lowest BCUT2D eigenvalue weighted by Gasteiger charge is -2.29. The van der Waals surface area contributed by atoms with Gasteiger partial charge in [-0.05, 0) is 13.0 Å². The predicted octanol–water partition coefficient (Wildman–Crippen LogP) is 1.78. The van der Waals surface area contributed by atoms with Gasteiger partial charge in [0.05, 0.1) is 34.0 Å². The highest BCUT2D eigenvalue weighted by Gasteiger charge is 2.18. The van der Waals surface area contributed by atoms with E-state index in [1.165, 1.54) is 6.26 Å². The number of hydrogen-bond acceptors (Lipinski definition) is 8. The van der Waals surface area contributed by atoms with Crippen LogP contribution in [-0.4, -0.2) is 80.8 Å². The topological polar surface area (TPSA) is 89.3 Å². The number of nitrogens with one attached hydrogen (secondary N) is 1. The Bertz CT molecular complexity index is 835. The van der Waals surface area contributed by atoms with Crippen molar-refractivity contribution in [2.24, 2.45) is 0 Å². The van der Waals surface area contributed by atoms with E-state index in [1.807, 2.05) is 25.1 Å². The minimum absolute atomic E-state index is 0.228. The van der Waals surface area contributed by atoms with Crippen LogP contribution in [0.5, 0.6) is 11.5 Å². The lowest BCUT2D eigenvalue weighted by Crippen LogP contribution is -2.41. The molecule has 0 radical (unpaired) electrons. The number of benzene rings is 1. The minimum Gasteiger partial charge on any atom is -0.497 e. The summed E-state index contributed by atoms with van der Waals surface area (Å²) in [5.41, 5.74) is 1.34. The van der Waals surface area contributed by atoms with Gasteiger partial charge in [-0.2, -0.15) is 0 Å². The Morgan fingerprint density at radius 2 is 2.03 bits per heavy atom. The standard InChI is InChI=1S/C22H32N4O5/c1-4-23-22(27)19-16-31-21(24-19)15-26(8-7-25-9-11-30-12-10-25)14-17-5-6-18(28-2)13-20(17)29-3/h5-6,13,16H,4,7-12,14-15H2,1-3H3,(H,23,27). The normalized spacial score (nSPS) is 14.6. The first-order valence-corrected chi connectivity index (χ1v) is 10.6. The summed E-state index contributed by atoms with van der Waals surface area (Å²) in [5, 5.41) is 2.74. The number of ether oxygens (including phenoxy) is 3. The number of methoxy groups -OCH3 is 2. The number of oxazole rings is 1. The lowest BCUT2D eigenvalue weighted by molar-refractivity contribution is 0.0320. The fourth-order valence-corrected chi connectivity index (χ4v) is 3.48. The summed E-state index contributed by atoms with van der Waals surface area (Å²) in [5.74, 6) is 1.80. The molecule has 1 fully saturated rings. The molecule has 1 aliphatic rings. The zero-order valence-electron chi connectivity index (χ0n) is 18.6. The Hall–Kier alpha value is -2.62. The highest BCUT2D eigenvalue weighted by atomic mass is 16.5. The number of amides is 1. The van der Waals surface area contributed by atoms with E-state index >= 15 is 0 Å². The maximum absolute atomic E-state index is 12.0. The molecule has 9 heteroatoms. The molecule has 3 rings (SSSR count). The smallest absolute Gasteiger partial charge is 0.273 e. The van der Waals surface area contributed by atoms with Gasteiger partial charge in [-0.3, -0.25) is 14.6 Å². The number of aromatic nitrogens is 1. The quantitative estimate of drug-likeness (QED) is 0.575. The van der Waals surface area contributed by atoms with E-state index in [0.717, 1.165) is 56.5 Å². The fourth-order valence-electron chi connectivity index (χ4n) is 3.48. The summed E-state index contributed by atoms with van der Waals surface area (Å²) < 4.78 is 21.9. The van der Waals surface area contributed by atoms with Crippen molar-refractivity contribution in [2.75, 3.05) is 60.2 Å². The molecule has 1 aromatic carbocycles. The molecular weight excluding hydrogens is 400 g/mol. The minimum atomic E-state index is -0.228. The molecule has 0 saturated carbocycles. The van der Waals surface area contributed by atoms with Crippen LogP contribution >= 0.6 is 0 Å². The average Bonchev–Trinajstić information content (AvgIpc) is 3.27. The van der Waals surface area contributed by atoms with Gasteiger partial charge in [-0.1, -0.05) is 6.07 Å². The van der Waals surface area contributed by atoms with Crippen molar-refractivity contribution in [1.82, 2.24) is 20.1 Å². The molecule has 0 spiro atoms. The third-order valence-corrected chi connectivity index (χ3v) is 5.20. The van der Waals surface area contributed by atoms with E-state index in [1.54, 1.807) is 14.2 Å². The highest BCUT2D eigenvalue weighted by Crippen LogP contribution is 2.26. The molecule has 0 unspecified atom stereocenters. The van der Waals surface area contributed by atoms with E-state index < -0.39 is 0 Å². The van der Waals surface area contributed by atoms with Crippen molar-refractivity contribution in [3.63, 3.8) is 0 Å². The van der Waals surface area contributed by atoms with Crippen LogP contribution in [0.4, 0.5) is 0 Å². The monoisotopic (exact) mass is 432 g/mol. The second kappa shape index (κ2) is 11.7. The maximum atomic E-state index is 12.0. The molecule has 1 saturated heterocycles. The molecule has 0 aliphatic carbocycles. The number of carbonyl (C=O) groups excluding carboxylic acids is 1. The second-order valence-electron chi connectivity index (χ2n) is 7.33. The summed E-state index contributed by atoms with van der Waals surface area (Å²) in [6.07, 6.45) is 1.41. The van der Waals surface area contributed by atoms with E-state index in [4.69, 9.17) is 18.6 Å². The largest absolute Gasteiger partial charge is 0.497 e. The van der Waals surface area contributed by atoms with Gasteiger partial charge in [0, 0.05) is 50.9 Å². The van der Waals surface area contributed by atoms with Crippen LogP contribution in [0.15, 0.2) is 28.9 Å². The van der Waals surface area contributed by atoms with Crippen molar-refractivity contribution in [3.05, 3.63) is 41.6 Å². The third kappa shape index (κ3) is 6.68. The molecule has 0 bridgehead atoms. The van der Waals surface area contributed by atoms with Crippen LogP contribution in [0.25, 0.3) is 0 Å². The molecule has 1 N–H and O–H groups in total. The summed E-state index contributed by atoms with van der Waals surface area (Å²) in [7, 11) is 3.29. The molecule has 170 valence electrons. The first kappa shape index (κ1) is 23.1. The van der Waals surface area contributed by atoms with E-state index in [9.17, 15) is 4.79 Å². The molecule has 2 aromatic rings. The van der Waals surface area contributed by atoms with Crippen LogP contribution < -0.4 is 14.8 Å². The molecule has 31 heavy (non-hydrogen) atoms. The second-order valence-corrected chi connectivity index (χ2v) is 7.33. The zero-order chi connectivity index (χ0) is 22.1. The number of nitrogens with zero attached hydrogens (tertiary/aromatic N) is 3. The third-order valence-electron chi connectivity index (χ3n) is 5.20. The van der Waals surface area contributed by atoms with Crippen molar-refractivity contribution < 1.29 is 23.4 Å². The summed E-state index contributed by atoms with van der Waals surface area (Å²) in [6, 6.07) is 5.82. The molecule has 1 aliphatic heterocycles. The van der Waals surface area contributed by atoms with E-state index in [-0.39, 0.29) is 5.91 Å². The molecule has 1 amide bonds. The van der Waals surface area contributed by atoms with Gasteiger partial charge in [0.2, 0.25) is 5.89 Å². The van der Waals surface area contributed by atoms with Crippen LogP contribution in [0.3, 0.4) is 0 Å². The molecule has 1 aromatic heterocycles. The number of rotatable bonds is 11. The van der Waals surface area contributed by atoms with E-state index in [2.05, 4.69) is 20.1 Å². The van der Waals surface area contributed by atoms with Crippen LogP contribution in [0.2, 0.25) is 0 Å². The maximum Gasteiger partial charge on any atom is 0.273 e. The van der Waals surface area contributed by atoms with Crippen molar-refractivity contribution in [3.8, 4) is 11.5 Å².